The van der Waals surface area contributed by atoms with Crippen LogP contribution in [0.4, 0.5) is 0 Å². The lowest BCUT2D eigenvalue weighted by molar-refractivity contribution is 0.178. The Kier molecular flexibility index (Phi) is 4.62. The highest BCUT2D eigenvalue weighted by atomic mass is 32.1. The molecule has 1 atom stereocenters. The van der Waals surface area contributed by atoms with Crippen molar-refractivity contribution < 1.29 is 4.74 Å². The van der Waals surface area contributed by atoms with Crippen molar-refractivity contribution in [3.63, 3.8) is 0 Å². The van der Waals surface area contributed by atoms with Gasteiger partial charge in [-0.25, -0.2) is 0 Å². The molecule has 14 heavy (non-hydrogen) atoms. The van der Waals surface area contributed by atoms with E-state index in [0.717, 1.165) is 11.7 Å². The van der Waals surface area contributed by atoms with E-state index in [2.05, 4.69) is 24.1 Å². The summed E-state index contributed by atoms with van der Waals surface area (Å²) in [6.07, 6.45) is 2.57. The highest BCUT2D eigenvalue weighted by Gasteiger charge is 2.29. The number of rotatable bonds is 5. The standard InChI is InChI=1S/C10H20N2OS/c1-4-12(9-5-6-9)10(14)11-8(2)7-13-3/h8-9H,4-7H2,1-3H3,(H,11,14). The van der Waals surface area contributed by atoms with Gasteiger partial charge in [0, 0.05) is 25.7 Å². The SMILES string of the molecule is CCN(C(=S)NC(C)COC)C1CC1. The van der Waals surface area contributed by atoms with Crippen LogP contribution < -0.4 is 5.32 Å². The topological polar surface area (TPSA) is 24.5 Å². The first-order valence-corrected chi connectivity index (χ1v) is 5.66. The van der Waals surface area contributed by atoms with Crippen LogP contribution in [-0.4, -0.2) is 42.4 Å². The second-order valence-corrected chi connectivity index (χ2v) is 4.21. The monoisotopic (exact) mass is 216 g/mol. The van der Waals surface area contributed by atoms with Crippen molar-refractivity contribution in [3.8, 4) is 0 Å². The zero-order valence-electron chi connectivity index (χ0n) is 9.25. The summed E-state index contributed by atoms with van der Waals surface area (Å²) < 4.78 is 5.05. The zero-order valence-corrected chi connectivity index (χ0v) is 10.1. The molecule has 0 aromatic heterocycles. The molecule has 0 heterocycles. The Morgan fingerprint density at radius 3 is 2.71 bits per heavy atom. The third-order valence-corrected chi connectivity index (χ3v) is 2.73. The first kappa shape index (κ1) is 11.7. The molecule has 1 aliphatic carbocycles. The first-order valence-electron chi connectivity index (χ1n) is 5.25. The van der Waals surface area contributed by atoms with Crippen molar-refractivity contribution in [3.05, 3.63) is 0 Å². The second kappa shape index (κ2) is 5.51. The van der Waals surface area contributed by atoms with E-state index in [4.69, 9.17) is 17.0 Å². The molecule has 1 aliphatic rings. The summed E-state index contributed by atoms with van der Waals surface area (Å²) in [5, 5.41) is 4.16. The van der Waals surface area contributed by atoms with E-state index in [-0.39, 0.29) is 0 Å². The molecule has 0 spiro atoms. The van der Waals surface area contributed by atoms with Gasteiger partial charge in [-0.2, -0.15) is 0 Å². The first-order chi connectivity index (χ1) is 6.69. The van der Waals surface area contributed by atoms with Crippen LogP contribution in [0.2, 0.25) is 0 Å². The van der Waals surface area contributed by atoms with Crippen LogP contribution in [0.3, 0.4) is 0 Å². The van der Waals surface area contributed by atoms with Crippen molar-refractivity contribution in [2.45, 2.75) is 38.8 Å². The Labute approximate surface area is 91.8 Å². The summed E-state index contributed by atoms with van der Waals surface area (Å²) >= 11 is 5.34. The fraction of sp³-hybridized carbons (Fsp3) is 0.900. The van der Waals surface area contributed by atoms with E-state index in [9.17, 15) is 0 Å². The van der Waals surface area contributed by atoms with Gasteiger partial charge in [0.1, 0.15) is 0 Å². The van der Waals surface area contributed by atoms with Gasteiger partial charge in [0.05, 0.1) is 6.61 Å². The Morgan fingerprint density at radius 1 is 1.64 bits per heavy atom. The molecule has 1 saturated carbocycles. The van der Waals surface area contributed by atoms with Crippen LogP contribution in [0.25, 0.3) is 0 Å². The van der Waals surface area contributed by atoms with Crippen molar-refractivity contribution >= 4 is 17.3 Å². The molecule has 1 fully saturated rings. The zero-order chi connectivity index (χ0) is 10.6. The van der Waals surface area contributed by atoms with Crippen molar-refractivity contribution in [1.82, 2.24) is 10.2 Å². The largest absolute Gasteiger partial charge is 0.383 e. The van der Waals surface area contributed by atoms with Crippen LogP contribution in [0.1, 0.15) is 26.7 Å². The Morgan fingerprint density at radius 2 is 2.29 bits per heavy atom. The van der Waals surface area contributed by atoms with Gasteiger partial charge in [-0.05, 0) is 38.9 Å². The molecule has 0 saturated heterocycles. The minimum atomic E-state index is 0.292. The van der Waals surface area contributed by atoms with E-state index in [1.54, 1.807) is 7.11 Å². The molecule has 82 valence electrons. The molecule has 4 heteroatoms. The van der Waals surface area contributed by atoms with Gasteiger partial charge in [0.15, 0.2) is 5.11 Å². The molecule has 1 N–H and O–H groups in total. The quantitative estimate of drug-likeness (QED) is 0.702. The minimum absolute atomic E-state index is 0.292. The Balaban J connectivity index is 2.31. The summed E-state index contributed by atoms with van der Waals surface area (Å²) in [6.45, 7) is 5.92. The Bertz CT molecular complexity index is 195. The van der Waals surface area contributed by atoms with E-state index in [1.165, 1.54) is 12.8 Å². The molecule has 0 bridgehead atoms. The number of thiocarbonyl (C=S) groups is 1. The summed E-state index contributed by atoms with van der Waals surface area (Å²) in [5.74, 6) is 0. The smallest absolute Gasteiger partial charge is 0.169 e. The number of methoxy groups -OCH3 is 1. The highest BCUT2D eigenvalue weighted by molar-refractivity contribution is 7.80. The minimum Gasteiger partial charge on any atom is -0.383 e. The molecule has 0 amide bonds. The molecule has 0 aromatic rings. The lowest BCUT2D eigenvalue weighted by Crippen LogP contribution is -2.45. The number of hydrogen-bond donors (Lipinski definition) is 1. The van der Waals surface area contributed by atoms with Crippen LogP contribution in [-0.2, 0) is 4.74 Å². The summed E-state index contributed by atoms with van der Waals surface area (Å²) in [4.78, 5) is 2.27. The van der Waals surface area contributed by atoms with Crippen LogP contribution in [0.5, 0.6) is 0 Å². The molecule has 0 aromatic carbocycles. The van der Waals surface area contributed by atoms with Gasteiger partial charge in [0.25, 0.3) is 0 Å². The van der Waals surface area contributed by atoms with E-state index in [1.807, 2.05) is 0 Å². The fourth-order valence-electron chi connectivity index (χ4n) is 1.54. The van der Waals surface area contributed by atoms with Crippen LogP contribution in [0, 0.1) is 0 Å². The summed E-state index contributed by atoms with van der Waals surface area (Å²) in [6, 6.07) is 0.982. The van der Waals surface area contributed by atoms with Gasteiger partial charge >= 0.3 is 0 Å². The van der Waals surface area contributed by atoms with E-state index >= 15 is 0 Å². The third-order valence-electron chi connectivity index (χ3n) is 2.38. The molecule has 3 nitrogen and oxygen atoms in total. The second-order valence-electron chi connectivity index (χ2n) is 3.82. The average Bonchev–Trinajstić information content (AvgIpc) is 2.89. The maximum absolute atomic E-state index is 5.34. The van der Waals surface area contributed by atoms with Crippen molar-refractivity contribution in [2.24, 2.45) is 0 Å². The lowest BCUT2D eigenvalue weighted by atomic mass is 10.4. The summed E-state index contributed by atoms with van der Waals surface area (Å²) in [5.41, 5.74) is 0. The number of hydrogen-bond acceptors (Lipinski definition) is 2. The van der Waals surface area contributed by atoms with Gasteiger partial charge in [-0.15, -0.1) is 0 Å². The molecule has 1 rings (SSSR count). The normalized spacial score (nSPS) is 17.6. The molecule has 0 aliphatic heterocycles. The lowest BCUT2D eigenvalue weighted by Gasteiger charge is -2.26. The van der Waals surface area contributed by atoms with Crippen molar-refractivity contribution in [1.29, 1.82) is 0 Å². The van der Waals surface area contributed by atoms with Crippen LogP contribution >= 0.6 is 12.2 Å². The van der Waals surface area contributed by atoms with Crippen LogP contribution in [0.15, 0.2) is 0 Å². The maximum Gasteiger partial charge on any atom is 0.169 e. The average molecular weight is 216 g/mol. The predicted molar refractivity (Wildman–Crippen MR) is 62.5 cm³/mol. The molecule has 1 unspecified atom stereocenters. The van der Waals surface area contributed by atoms with Gasteiger partial charge < -0.3 is 15.0 Å². The number of ether oxygens (including phenoxy) is 1. The van der Waals surface area contributed by atoms with Gasteiger partial charge in [-0.1, -0.05) is 0 Å². The predicted octanol–water partition coefficient (Wildman–Crippen LogP) is 1.38. The number of nitrogens with one attached hydrogen (secondary N) is 1. The van der Waals surface area contributed by atoms with E-state index in [0.29, 0.717) is 18.7 Å². The molecular formula is C10H20N2OS. The van der Waals surface area contributed by atoms with E-state index < -0.39 is 0 Å². The fourth-order valence-corrected chi connectivity index (χ4v) is 2.02. The Hall–Kier alpha value is -0.350. The maximum atomic E-state index is 5.34. The van der Waals surface area contributed by atoms with Crippen molar-refractivity contribution in [2.75, 3.05) is 20.3 Å². The molecular weight excluding hydrogens is 196 g/mol. The third kappa shape index (κ3) is 3.42. The molecule has 0 radical (unpaired) electrons. The number of nitrogens with zero attached hydrogens (tertiary/aromatic N) is 1. The highest BCUT2D eigenvalue weighted by Crippen LogP contribution is 2.26. The van der Waals surface area contributed by atoms with Gasteiger partial charge in [0.2, 0.25) is 0 Å². The summed E-state index contributed by atoms with van der Waals surface area (Å²) in [7, 11) is 1.71. The van der Waals surface area contributed by atoms with Gasteiger partial charge in [-0.3, -0.25) is 0 Å².